The molecule has 0 saturated carbocycles. The van der Waals surface area contributed by atoms with Crippen molar-refractivity contribution in [2.45, 2.75) is 6.92 Å². The van der Waals surface area contributed by atoms with E-state index in [1.54, 1.807) is 31.2 Å². The number of carboxylic acids is 1. The number of carboxylic acid groups (broad SMARTS) is 1. The van der Waals surface area contributed by atoms with E-state index in [0.717, 1.165) is 0 Å². The van der Waals surface area contributed by atoms with Crippen molar-refractivity contribution in [1.29, 1.82) is 0 Å². The lowest BCUT2D eigenvalue weighted by molar-refractivity contribution is -0.137. The second-order valence-corrected chi connectivity index (χ2v) is 3.41. The summed E-state index contributed by atoms with van der Waals surface area (Å²) in [5.74, 6) is -2.65. The van der Waals surface area contributed by atoms with Crippen LogP contribution in [0, 0.1) is 5.92 Å². The predicted octanol–water partition coefficient (Wildman–Crippen LogP) is 1.68. The van der Waals surface area contributed by atoms with Gasteiger partial charge in [-0.15, -0.1) is 0 Å². The van der Waals surface area contributed by atoms with E-state index in [1.165, 1.54) is 0 Å². The minimum Gasteiger partial charge on any atom is -0.480 e. The average molecular weight is 203 g/mol. The first-order valence-corrected chi connectivity index (χ1v) is 4.52. The van der Waals surface area contributed by atoms with Crippen LogP contribution in [-0.2, 0) is 4.79 Å². The maximum absolute atomic E-state index is 11.8. The zero-order valence-corrected chi connectivity index (χ0v) is 8.10. The monoisotopic (exact) mass is 203 g/mol. The van der Waals surface area contributed by atoms with Crippen LogP contribution < -0.4 is 0 Å². The van der Waals surface area contributed by atoms with Crippen molar-refractivity contribution in [3.8, 4) is 0 Å². The first-order chi connectivity index (χ1) is 7.11. The number of para-hydroxylation sites is 1. The Morgan fingerprint density at radius 3 is 2.73 bits per heavy atom. The summed E-state index contributed by atoms with van der Waals surface area (Å²) in [7, 11) is 0. The van der Waals surface area contributed by atoms with Gasteiger partial charge in [0.25, 0.3) is 0 Å². The van der Waals surface area contributed by atoms with Gasteiger partial charge in [-0.25, -0.2) is 0 Å². The smallest absolute Gasteiger partial charge is 0.320 e. The van der Waals surface area contributed by atoms with Crippen LogP contribution in [0.5, 0.6) is 0 Å². The second kappa shape index (κ2) is 3.31. The Bertz CT molecular complexity index is 476. The lowest BCUT2D eigenvalue weighted by Crippen LogP contribution is -2.32. The van der Waals surface area contributed by atoms with Crippen LogP contribution in [0.1, 0.15) is 17.3 Å². The van der Waals surface area contributed by atoms with Crippen LogP contribution >= 0.6 is 0 Å². The molecule has 1 aromatic rings. The lowest BCUT2D eigenvalue weighted by Gasteiger charge is -2.17. The Balaban J connectivity index is 2.59. The van der Waals surface area contributed by atoms with Crippen LogP contribution in [0.3, 0.4) is 0 Å². The van der Waals surface area contributed by atoms with Crippen LogP contribution in [0.15, 0.2) is 29.3 Å². The zero-order valence-electron chi connectivity index (χ0n) is 8.10. The molecule has 1 N–H and O–H groups in total. The van der Waals surface area contributed by atoms with Gasteiger partial charge >= 0.3 is 5.97 Å². The summed E-state index contributed by atoms with van der Waals surface area (Å²) in [4.78, 5) is 26.8. The highest BCUT2D eigenvalue weighted by atomic mass is 16.4. The summed E-state index contributed by atoms with van der Waals surface area (Å²) in [6, 6.07) is 6.77. The van der Waals surface area contributed by atoms with Gasteiger partial charge in [0.05, 0.1) is 5.69 Å². The summed E-state index contributed by atoms with van der Waals surface area (Å²) in [6.07, 6.45) is 0. The minimum absolute atomic E-state index is 0.339. The quantitative estimate of drug-likeness (QED) is 0.706. The van der Waals surface area contributed by atoms with E-state index in [-0.39, 0.29) is 5.78 Å². The third-order valence-corrected chi connectivity index (χ3v) is 2.39. The molecule has 2 rings (SSSR count). The molecule has 1 aliphatic heterocycles. The molecular weight excluding hydrogens is 194 g/mol. The van der Waals surface area contributed by atoms with Crippen LogP contribution in [0.25, 0.3) is 0 Å². The number of carbonyl (C=O) groups is 2. The van der Waals surface area contributed by atoms with Crippen LogP contribution in [0.4, 0.5) is 5.69 Å². The van der Waals surface area contributed by atoms with E-state index < -0.39 is 11.9 Å². The van der Waals surface area contributed by atoms with Crippen molar-refractivity contribution in [2.24, 2.45) is 10.9 Å². The Hall–Kier alpha value is -1.97. The molecule has 0 unspecified atom stereocenters. The topological polar surface area (TPSA) is 66.7 Å². The van der Waals surface area contributed by atoms with Gasteiger partial charge in [0.1, 0.15) is 0 Å². The van der Waals surface area contributed by atoms with Crippen molar-refractivity contribution in [3.05, 3.63) is 29.8 Å². The van der Waals surface area contributed by atoms with Crippen molar-refractivity contribution in [3.63, 3.8) is 0 Å². The molecule has 0 bridgehead atoms. The molecule has 0 aromatic heterocycles. The number of ketones is 1. The van der Waals surface area contributed by atoms with Crippen LogP contribution in [0.2, 0.25) is 0 Å². The average Bonchev–Trinajstić information content (AvgIpc) is 2.17. The highest BCUT2D eigenvalue weighted by Gasteiger charge is 2.34. The first kappa shape index (κ1) is 9.58. The molecule has 4 nitrogen and oxygen atoms in total. The Labute approximate surface area is 86.3 Å². The number of benzene rings is 1. The van der Waals surface area contributed by atoms with Gasteiger partial charge in [-0.3, -0.25) is 14.6 Å². The molecule has 1 aliphatic rings. The Kier molecular flexibility index (Phi) is 2.11. The molecule has 0 aliphatic carbocycles. The van der Waals surface area contributed by atoms with E-state index in [9.17, 15) is 9.59 Å². The van der Waals surface area contributed by atoms with Gasteiger partial charge < -0.3 is 5.11 Å². The molecule has 1 atom stereocenters. The minimum atomic E-state index is -1.14. The summed E-state index contributed by atoms with van der Waals surface area (Å²) in [6.45, 7) is 1.56. The van der Waals surface area contributed by atoms with Crippen molar-refractivity contribution < 1.29 is 14.7 Å². The summed E-state index contributed by atoms with van der Waals surface area (Å²) in [5.41, 5.74) is 1.28. The number of hydrogen-bond donors (Lipinski definition) is 1. The molecule has 0 fully saturated rings. The van der Waals surface area contributed by atoms with Gasteiger partial charge in [0, 0.05) is 11.3 Å². The number of rotatable bonds is 1. The third-order valence-electron chi connectivity index (χ3n) is 2.39. The van der Waals surface area contributed by atoms with E-state index in [0.29, 0.717) is 17.0 Å². The fraction of sp³-hybridized carbons (Fsp3) is 0.182. The summed E-state index contributed by atoms with van der Waals surface area (Å²) >= 11 is 0. The molecular formula is C11H9NO3. The molecule has 0 saturated heterocycles. The predicted molar refractivity (Wildman–Crippen MR) is 54.7 cm³/mol. The fourth-order valence-corrected chi connectivity index (χ4v) is 1.67. The molecule has 15 heavy (non-hydrogen) atoms. The van der Waals surface area contributed by atoms with E-state index >= 15 is 0 Å². The normalized spacial score (nSPS) is 19.4. The zero-order chi connectivity index (χ0) is 11.0. The van der Waals surface area contributed by atoms with Crippen LogP contribution in [-0.4, -0.2) is 22.6 Å². The number of aliphatic imine (C=N–C) groups is 1. The molecule has 0 radical (unpaired) electrons. The van der Waals surface area contributed by atoms with Crippen molar-refractivity contribution in [2.75, 3.05) is 0 Å². The standard InChI is InChI=1S/C11H9NO3/c1-6-9(11(14)15)10(13)7-4-2-3-5-8(7)12-6/h2-5,9H,1H3,(H,14,15)/t9-/m1/s1. The molecule has 0 spiro atoms. The lowest BCUT2D eigenvalue weighted by atomic mass is 9.90. The Morgan fingerprint density at radius 2 is 2.07 bits per heavy atom. The number of fused-ring (bicyclic) bond motifs is 1. The molecule has 1 heterocycles. The maximum atomic E-state index is 11.8. The highest BCUT2D eigenvalue weighted by Crippen LogP contribution is 2.28. The highest BCUT2D eigenvalue weighted by molar-refractivity contribution is 6.26. The van der Waals surface area contributed by atoms with Crippen molar-refractivity contribution in [1.82, 2.24) is 0 Å². The number of hydrogen-bond acceptors (Lipinski definition) is 3. The largest absolute Gasteiger partial charge is 0.480 e. The van der Waals surface area contributed by atoms with Gasteiger partial charge in [-0.05, 0) is 19.1 Å². The van der Waals surface area contributed by atoms with E-state index in [4.69, 9.17) is 5.11 Å². The molecule has 0 amide bonds. The summed E-state index contributed by atoms with van der Waals surface area (Å²) < 4.78 is 0. The molecule has 76 valence electrons. The maximum Gasteiger partial charge on any atom is 0.320 e. The summed E-state index contributed by atoms with van der Waals surface area (Å²) in [5, 5.41) is 8.90. The third kappa shape index (κ3) is 1.44. The second-order valence-electron chi connectivity index (χ2n) is 3.41. The number of aliphatic carboxylic acids is 1. The van der Waals surface area contributed by atoms with Gasteiger partial charge in [0.2, 0.25) is 0 Å². The van der Waals surface area contributed by atoms with Gasteiger partial charge in [0.15, 0.2) is 11.7 Å². The number of carbonyl (C=O) groups excluding carboxylic acids is 1. The molecule has 4 heteroatoms. The van der Waals surface area contributed by atoms with E-state index in [2.05, 4.69) is 4.99 Å². The van der Waals surface area contributed by atoms with E-state index in [1.807, 2.05) is 0 Å². The van der Waals surface area contributed by atoms with Gasteiger partial charge in [-0.1, -0.05) is 12.1 Å². The Morgan fingerprint density at radius 1 is 1.40 bits per heavy atom. The first-order valence-electron chi connectivity index (χ1n) is 4.52. The van der Waals surface area contributed by atoms with Gasteiger partial charge in [-0.2, -0.15) is 0 Å². The SMILES string of the molecule is CC1=Nc2ccccc2C(=O)[C@@H]1C(=O)O. The fourth-order valence-electron chi connectivity index (χ4n) is 1.67. The van der Waals surface area contributed by atoms with Crippen molar-refractivity contribution >= 4 is 23.2 Å². The molecule has 1 aromatic carbocycles. The number of Topliss-reactive ketones (excluding diaryl/α,β-unsaturated/α-hetero) is 1. The number of nitrogens with zero attached hydrogens (tertiary/aromatic N) is 1.